The number of carbonyl (C=O) groups excluding carboxylic acids is 1. The first-order valence-corrected chi connectivity index (χ1v) is 13.0. The van der Waals surface area contributed by atoms with Gasteiger partial charge in [-0.2, -0.15) is 4.31 Å². The number of nitrogens with zero attached hydrogens (tertiary/aromatic N) is 2. The minimum absolute atomic E-state index is 0.190. The molecule has 2 aromatic carbocycles. The molecule has 0 aliphatic carbocycles. The first-order chi connectivity index (χ1) is 15.2. The summed E-state index contributed by atoms with van der Waals surface area (Å²) in [4.78, 5) is 17.0. The van der Waals surface area contributed by atoms with E-state index in [0.29, 0.717) is 6.54 Å². The van der Waals surface area contributed by atoms with Gasteiger partial charge in [0.1, 0.15) is 0 Å². The van der Waals surface area contributed by atoms with E-state index in [0.717, 1.165) is 17.5 Å². The lowest BCUT2D eigenvalue weighted by Gasteiger charge is -2.40. The van der Waals surface area contributed by atoms with Crippen LogP contribution in [0.4, 0.5) is 0 Å². The normalized spacial score (nSPS) is 16.8. The molecule has 1 aromatic heterocycles. The highest BCUT2D eigenvalue weighted by Gasteiger charge is 2.39. The molecule has 2 heterocycles. The van der Waals surface area contributed by atoms with E-state index in [1.165, 1.54) is 9.18 Å². The molecule has 1 aliphatic heterocycles. The third-order valence-corrected chi connectivity index (χ3v) is 8.88. The fourth-order valence-electron chi connectivity index (χ4n) is 4.20. The molecule has 32 heavy (non-hydrogen) atoms. The van der Waals surface area contributed by atoms with E-state index >= 15 is 0 Å². The summed E-state index contributed by atoms with van der Waals surface area (Å²) in [7, 11) is -3.84. The zero-order valence-corrected chi connectivity index (χ0v) is 20.2. The predicted octanol–water partition coefficient (Wildman–Crippen LogP) is 4.71. The third-order valence-electron chi connectivity index (χ3n) is 5.76. The summed E-state index contributed by atoms with van der Waals surface area (Å²) in [5.74, 6) is -0.190. The van der Waals surface area contributed by atoms with E-state index in [1.807, 2.05) is 56.0 Å². The number of sulfonamides is 1. The molecule has 0 fully saturated rings. The summed E-state index contributed by atoms with van der Waals surface area (Å²) < 4.78 is 28.2. The molecule has 7 heteroatoms. The number of amides is 1. The molecule has 0 saturated carbocycles. The van der Waals surface area contributed by atoms with Gasteiger partial charge in [-0.3, -0.25) is 4.79 Å². The molecule has 5 nitrogen and oxygen atoms in total. The van der Waals surface area contributed by atoms with E-state index < -0.39 is 15.6 Å². The Balaban J connectivity index is 1.69. The number of fused-ring (bicyclic) bond motifs is 1. The Bertz CT molecular complexity index is 1180. The van der Waals surface area contributed by atoms with Gasteiger partial charge in [-0.25, -0.2) is 8.42 Å². The van der Waals surface area contributed by atoms with E-state index in [4.69, 9.17) is 0 Å². The van der Waals surface area contributed by atoms with Crippen LogP contribution in [0.2, 0.25) is 0 Å². The van der Waals surface area contributed by atoms with Gasteiger partial charge < -0.3 is 4.90 Å². The number of carbonyl (C=O) groups is 1. The third kappa shape index (κ3) is 4.37. The smallest absolute Gasteiger partial charge is 0.244 e. The van der Waals surface area contributed by atoms with E-state index in [2.05, 4.69) is 11.4 Å². The van der Waals surface area contributed by atoms with Crippen LogP contribution in [0, 0.1) is 0 Å². The molecule has 0 spiro atoms. The van der Waals surface area contributed by atoms with Crippen molar-refractivity contribution < 1.29 is 13.2 Å². The average molecular weight is 469 g/mol. The Morgan fingerprint density at radius 2 is 1.66 bits per heavy atom. The quantitative estimate of drug-likeness (QED) is 0.545. The Labute approximate surface area is 194 Å². The second-order valence-corrected chi connectivity index (χ2v) is 11.8. The van der Waals surface area contributed by atoms with Crippen molar-refractivity contribution in [1.82, 2.24) is 9.21 Å². The number of thiophene rings is 1. The van der Waals surface area contributed by atoms with Crippen molar-refractivity contribution in [1.29, 1.82) is 0 Å². The van der Waals surface area contributed by atoms with Crippen LogP contribution in [0.5, 0.6) is 0 Å². The number of benzene rings is 2. The van der Waals surface area contributed by atoms with Gasteiger partial charge in [-0.05, 0) is 61.9 Å². The SMILES string of the molecule is CC(C)(C)N(CC(=O)N1CCc2sccc2C1c1ccccc1)S(=O)(=O)c1ccccc1. The van der Waals surface area contributed by atoms with Crippen LogP contribution < -0.4 is 0 Å². The average Bonchev–Trinajstić information content (AvgIpc) is 3.26. The molecule has 3 aromatic rings. The maximum Gasteiger partial charge on any atom is 0.244 e. The van der Waals surface area contributed by atoms with Gasteiger partial charge in [0.15, 0.2) is 0 Å². The summed E-state index contributed by atoms with van der Waals surface area (Å²) in [6, 6.07) is 20.2. The van der Waals surface area contributed by atoms with Crippen LogP contribution in [0.15, 0.2) is 77.0 Å². The molecule has 1 amide bonds. The standard InChI is InChI=1S/C25H28N2O3S2/c1-25(2,3)27(32(29,30)20-12-8-5-9-13-20)18-23(28)26-16-14-22-21(15-17-31-22)24(26)19-10-6-4-7-11-19/h4-13,15,17,24H,14,16,18H2,1-3H3. The van der Waals surface area contributed by atoms with Crippen LogP contribution in [0.25, 0.3) is 0 Å². The number of rotatable bonds is 5. The summed E-state index contributed by atoms with van der Waals surface area (Å²) in [6.45, 7) is 5.83. The Hall–Kier alpha value is -2.48. The van der Waals surface area contributed by atoms with Gasteiger partial charge in [0.05, 0.1) is 17.5 Å². The zero-order valence-electron chi connectivity index (χ0n) is 18.6. The largest absolute Gasteiger partial charge is 0.330 e. The molecule has 4 rings (SSSR count). The first-order valence-electron chi connectivity index (χ1n) is 10.7. The lowest BCUT2D eigenvalue weighted by Crippen LogP contribution is -2.52. The van der Waals surface area contributed by atoms with Crippen molar-refractivity contribution in [2.45, 2.75) is 43.7 Å². The van der Waals surface area contributed by atoms with E-state index in [-0.39, 0.29) is 23.4 Å². The highest BCUT2D eigenvalue weighted by atomic mass is 32.2. The molecule has 168 valence electrons. The van der Waals surface area contributed by atoms with Gasteiger partial charge in [0, 0.05) is 17.0 Å². The van der Waals surface area contributed by atoms with Gasteiger partial charge in [-0.15, -0.1) is 11.3 Å². The van der Waals surface area contributed by atoms with Gasteiger partial charge >= 0.3 is 0 Å². The van der Waals surface area contributed by atoms with Crippen LogP contribution in [-0.2, 0) is 21.2 Å². The fraction of sp³-hybridized carbons (Fsp3) is 0.320. The van der Waals surface area contributed by atoms with Crippen LogP contribution >= 0.6 is 11.3 Å². The molecule has 1 atom stereocenters. The number of hydrogen-bond acceptors (Lipinski definition) is 4. The molecule has 0 saturated heterocycles. The van der Waals surface area contributed by atoms with Crippen molar-refractivity contribution in [2.75, 3.05) is 13.1 Å². The minimum Gasteiger partial charge on any atom is -0.330 e. The monoisotopic (exact) mass is 468 g/mol. The lowest BCUT2D eigenvalue weighted by molar-refractivity contribution is -0.134. The Morgan fingerprint density at radius 1 is 1.03 bits per heavy atom. The molecular weight excluding hydrogens is 440 g/mol. The first kappa shape index (κ1) is 22.7. The fourth-order valence-corrected chi connectivity index (χ4v) is 6.86. The summed E-state index contributed by atoms with van der Waals surface area (Å²) in [5, 5.41) is 2.07. The Kier molecular flexibility index (Phi) is 6.25. The summed E-state index contributed by atoms with van der Waals surface area (Å²) >= 11 is 1.71. The summed E-state index contributed by atoms with van der Waals surface area (Å²) in [6.07, 6.45) is 0.781. The maximum absolute atomic E-state index is 13.7. The van der Waals surface area contributed by atoms with Gasteiger partial charge in [0.25, 0.3) is 0 Å². The second kappa shape index (κ2) is 8.81. The molecular formula is C25H28N2O3S2. The Morgan fingerprint density at radius 3 is 2.28 bits per heavy atom. The lowest BCUT2D eigenvalue weighted by atomic mass is 9.93. The second-order valence-electron chi connectivity index (χ2n) is 8.95. The highest BCUT2D eigenvalue weighted by molar-refractivity contribution is 7.89. The molecule has 0 radical (unpaired) electrons. The van der Waals surface area contributed by atoms with Crippen molar-refractivity contribution in [3.63, 3.8) is 0 Å². The molecule has 1 unspecified atom stereocenters. The zero-order chi connectivity index (χ0) is 22.9. The molecule has 0 bridgehead atoms. The minimum atomic E-state index is -3.84. The van der Waals surface area contributed by atoms with Crippen molar-refractivity contribution in [3.05, 3.63) is 88.1 Å². The molecule has 0 N–H and O–H groups in total. The van der Waals surface area contributed by atoms with Crippen LogP contribution in [-0.4, -0.2) is 42.2 Å². The highest BCUT2D eigenvalue weighted by Crippen LogP contribution is 2.38. The number of hydrogen-bond donors (Lipinski definition) is 0. The van der Waals surface area contributed by atoms with E-state index in [1.54, 1.807) is 41.7 Å². The topological polar surface area (TPSA) is 57.7 Å². The van der Waals surface area contributed by atoms with Crippen LogP contribution in [0.3, 0.4) is 0 Å². The maximum atomic E-state index is 13.7. The van der Waals surface area contributed by atoms with Crippen molar-refractivity contribution in [3.8, 4) is 0 Å². The van der Waals surface area contributed by atoms with Gasteiger partial charge in [-0.1, -0.05) is 48.5 Å². The van der Waals surface area contributed by atoms with Crippen LogP contribution in [0.1, 0.15) is 42.8 Å². The van der Waals surface area contributed by atoms with Crippen molar-refractivity contribution >= 4 is 27.3 Å². The molecule has 1 aliphatic rings. The van der Waals surface area contributed by atoms with Crippen molar-refractivity contribution in [2.24, 2.45) is 0 Å². The summed E-state index contributed by atoms with van der Waals surface area (Å²) in [5.41, 5.74) is 1.41. The predicted molar refractivity (Wildman–Crippen MR) is 128 cm³/mol. The van der Waals surface area contributed by atoms with E-state index in [9.17, 15) is 13.2 Å². The van der Waals surface area contributed by atoms with Gasteiger partial charge in [0.2, 0.25) is 15.9 Å².